The molecule has 108 valence electrons. The van der Waals surface area contributed by atoms with E-state index in [0.717, 1.165) is 5.69 Å². The molecule has 1 heterocycles. The van der Waals surface area contributed by atoms with Gasteiger partial charge < -0.3 is 15.5 Å². The van der Waals surface area contributed by atoms with Crippen molar-refractivity contribution in [3.8, 4) is 0 Å². The van der Waals surface area contributed by atoms with Crippen LogP contribution in [-0.4, -0.2) is 42.4 Å². The summed E-state index contributed by atoms with van der Waals surface area (Å²) < 4.78 is 0. The molecule has 5 nitrogen and oxygen atoms in total. The van der Waals surface area contributed by atoms with Crippen LogP contribution in [0.15, 0.2) is 24.3 Å². The van der Waals surface area contributed by atoms with Crippen molar-refractivity contribution in [2.75, 3.05) is 25.0 Å². The average Bonchev–Trinajstić information content (AvgIpc) is 2.63. The zero-order chi connectivity index (χ0) is 14.5. The Morgan fingerprint density at radius 2 is 2.05 bits per heavy atom. The smallest absolute Gasteiger partial charge is 0.256 e. The first kappa shape index (κ1) is 14.4. The first-order valence-corrected chi connectivity index (χ1v) is 6.99. The molecule has 5 heteroatoms. The van der Waals surface area contributed by atoms with Gasteiger partial charge in [0.25, 0.3) is 5.91 Å². The Morgan fingerprint density at radius 1 is 1.30 bits per heavy atom. The molecule has 2 amide bonds. The number of carbonyl (C=O) groups is 2. The molecule has 0 saturated carbocycles. The maximum atomic E-state index is 12.6. The predicted molar refractivity (Wildman–Crippen MR) is 78.7 cm³/mol. The van der Waals surface area contributed by atoms with Gasteiger partial charge >= 0.3 is 0 Å². The van der Waals surface area contributed by atoms with Gasteiger partial charge in [-0.05, 0) is 26.0 Å². The Balaban J connectivity index is 2.17. The first-order chi connectivity index (χ1) is 9.58. The predicted octanol–water partition coefficient (Wildman–Crippen LogP) is 1.47. The van der Waals surface area contributed by atoms with Gasteiger partial charge in [0, 0.05) is 37.8 Å². The number of para-hydroxylation sites is 1. The van der Waals surface area contributed by atoms with Crippen LogP contribution in [0.5, 0.6) is 0 Å². The first-order valence-electron chi connectivity index (χ1n) is 6.99. The van der Waals surface area contributed by atoms with Gasteiger partial charge in [0.2, 0.25) is 5.91 Å². The quantitative estimate of drug-likeness (QED) is 0.878. The molecular weight excluding hydrogens is 254 g/mol. The molecule has 0 aliphatic carbocycles. The van der Waals surface area contributed by atoms with Crippen LogP contribution in [-0.2, 0) is 4.79 Å². The number of hydrogen-bond acceptors (Lipinski definition) is 3. The molecule has 2 N–H and O–H groups in total. The van der Waals surface area contributed by atoms with Crippen LogP contribution in [0.25, 0.3) is 0 Å². The van der Waals surface area contributed by atoms with Crippen LogP contribution >= 0.6 is 0 Å². The normalized spacial score (nSPS) is 15.8. The lowest BCUT2D eigenvalue weighted by molar-refractivity contribution is -0.120. The molecule has 2 rings (SSSR count). The van der Waals surface area contributed by atoms with Crippen LogP contribution in [0.2, 0.25) is 0 Å². The van der Waals surface area contributed by atoms with Gasteiger partial charge in [0.05, 0.1) is 5.56 Å². The van der Waals surface area contributed by atoms with Crippen molar-refractivity contribution in [3.63, 3.8) is 0 Å². The van der Waals surface area contributed by atoms with Crippen LogP contribution < -0.4 is 10.6 Å². The minimum Gasteiger partial charge on any atom is -0.382 e. The second-order valence-corrected chi connectivity index (χ2v) is 5.24. The molecule has 1 aliphatic heterocycles. The van der Waals surface area contributed by atoms with Gasteiger partial charge in [-0.15, -0.1) is 0 Å². The highest BCUT2D eigenvalue weighted by atomic mass is 16.2. The van der Waals surface area contributed by atoms with Gasteiger partial charge in [0.1, 0.15) is 0 Å². The second kappa shape index (κ2) is 6.41. The molecule has 0 unspecified atom stereocenters. The SMILES string of the molecule is CC(C)Nc1ccccc1C(=O)N1CCNC(=O)CC1. The molecule has 0 atom stereocenters. The van der Waals surface area contributed by atoms with Crippen LogP contribution in [0.4, 0.5) is 5.69 Å². The minimum atomic E-state index is -0.0229. The Labute approximate surface area is 119 Å². The van der Waals surface area contributed by atoms with Gasteiger partial charge in [-0.1, -0.05) is 12.1 Å². The second-order valence-electron chi connectivity index (χ2n) is 5.24. The maximum Gasteiger partial charge on any atom is 0.256 e. The molecule has 0 radical (unpaired) electrons. The fourth-order valence-corrected chi connectivity index (χ4v) is 2.25. The van der Waals surface area contributed by atoms with E-state index in [2.05, 4.69) is 10.6 Å². The summed E-state index contributed by atoms with van der Waals surface area (Å²) in [6.07, 6.45) is 0.367. The molecule has 20 heavy (non-hydrogen) atoms. The van der Waals surface area contributed by atoms with Crippen molar-refractivity contribution < 1.29 is 9.59 Å². The van der Waals surface area contributed by atoms with E-state index in [1.165, 1.54) is 0 Å². The van der Waals surface area contributed by atoms with Crippen molar-refractivity contribution in [3.05, 3.63) is 29.8 Å². The number of hydrogen-bond donors (Lipinski definition) is 2. The molecule has 1 saturated heterocycles. The zero-order valence-electron chi connectivity index (χ0n) is 12.0. The van der Waals surface area contributed by atoms with Crippen LogP contribution in [0, 0.1) is 0 Å². The summed E-state index contributed by atoms with van der Waals surface area (Å²) in [5.41, 5.74) is 1.51. The summed E-state index contributed by atoms with van der Waals surface area (Å²) in [7, 11) is 0. The highest BCUT2D eigenvalue weighted by Gasteiger charge is 2.21. The topological polar surface area (TPSA) is 61.4 Å². The summed E-state index contributed by atoms with van der Waals surface area (Å²) in [5.74, 6) is -0.0147. The van der Waals surface area contributed by atoms with E-state index in [9.17, 15) is 9.59 Å². The van der Waals surface area contributed by atoms with Gasteiger partial charge in [-0.2, -0.15) is 0 Å². The maximum absolute atomic E-state index is 12.6. The minimum absolute atomic E-state index is 0.00823. The summed E-state index contributed by atoms with van der Waals surface area (Å²) in [6, 6.07) is 7.77. The van der Waals surface area contributed by atoms with E-state index in [1.54, 1.807) is 4.90 Å². The van der Waals surface area contributed by atoms with E-state index >= 15 is 0 Å². The third-order valence-corrected chi connectivity index (χ3v) is 3.20. The molecule has 1 aliphatic rings. The third-order valence-electron chi connectivity index (χ3n) is 3.20. The fraction of sp³-hybridized carbons (Fsp3) is 0.467. The van der Waals surface area contributed by atoms with Crippen molar-refractivity contribution in [2.24, 2.45) is 0 Å². The highest BCUT2D eigenvalue weighted by molar-refractivity contribution is 6.00. The monoisotopic (exact) mass is 275 g/mol. The Bertz CT molecular complexity index is 500. The Kier molecular flexibility index (Phi) is 4.61. The fourth-order valence-electron chi connectivity index (χ4n) is 2.25. The van der Waals surface area contributed by atoms with Crippen LogP contribution in [0.1, 0.15) is 30.6 Å². The summed E-state index contributed by atoms with van der Waals surface area (Å²) in [6.45, 7) is 5.62. The molecule has 0 bridgehead atoms. The van der Waals surface area contributed by atoms with Gasteiger partial charge in [0.15, 0.2) is 0 Å². The lowest BCUT2D eigenvalue weighted by Gasteiger charge is -2.22. The number of nitrogens with zero attached hydrogens (tertiary/aromatic N) is 1. The number of anilines is 1. The molecule has 1 aromatic carbocycles. The Morgan fingerprint density at radius 3 is 2.80 bits per heavy atom. The molecular formula is C15H21N3O2. The summed E-state index contributed by atoms with van der Waals surface area (Å²) in [5, 5.41) is 6.07. The number of amides is 2. The van der Waals surface area contributed by atoms with Crippen molar-refractivity contribution in [1.29, 1.82) is 0 Å². The molecule has 0 spiro atoms. The molecule has 0 aromatic heterocycles. The van der Waals surface area contributed by atoms with E-state index in [0.29, 0.717) is 31.6 Å². The number of benzene rings is 1. The molecule has 1 fully saturated rings. The zero-order valence-corrected chi connectivity index (χ0v) is 12.0. The van der Waals surface area contributed by atoms with Gasteiger partial charge in [-0.25, -0.2) is 0 Å². The average molecular weight is 275 g/mol. The lowest BCUT2D eigenvalue weighted by atomic mass is 10.1. The summed E-state index contributed by atoms with van der Waals surface area (Å²) in [4.78, 5) is 25.7. The standard InChI is InChI=1S/C15H21N3O2/c1-11(2)17-13-6-4-3-5-12(13)15(20)18-9-7-14(19)16-8-10-18/h3-6,11,17H,7-10H2,1-2H3,(H,16,19). The van der Waals surface area contributed by atoms with E-state index < -0.39 is 0 Å². The Hall–Kier alpha value is -2.04. The highest BCUT2D eigenvalue weighted by Crippen LogP contribution is 2.18. The van der Waals surface area contributed by atoms with E-state index in [1.807, 2.05) is 38.1 Å². The lowest BCUT2D eigenvalue weighted by Crippen LogP contribution is -2.34. The van der Waals surface area contributed by atoms with Crippen molar-refractivity contribution in [1.82, 2.24) is 10.2 Å². The molecule has 1 aromatic rings. The summed E-state index contributed by atoms with van der Waals surface area (Å²) >= 11 is 0. The van der Waals surface area contributed by atoms with Crippen molar-refractivity contribution >= 4 is 17.5 Å². The van der Waals surface area contributed by atoms with Crippen molar-refractivity contribution in [2.45, 2.75) is 26.3 Å². The van der Waals surface area contributed by atoms with E-state index in [-0.39, 0.29) is 17.9 Å². The van der Waals surface area contributed by atoms with E-state index in [4.69, 9.17) is 0 Å². The number of carbonyl (C=O) groups excluding carboxylic acids is 2. The number of nitrogens with one attached hydrogen (secondary N) is 2. The largest absolute Gasteiger partial charge is 0.382 e. The number of rotatable bonds is 3. The third kappa shape index (κ3) is 3.50. The van der Waals surface area contributed by atoms with Gasteiger partial charge in [-0.3, -0.25) is 9.59 Å². The van der Waals surface area contributed by atoms with Crippen LogP contribution in [0.3, 0.4) is 0 Å².